The van der Waals surface area contributed by atoms with E-state index in [9.17, 15) is 4.79 Å². The van der Waals surface area contributed by atoms with E-state index in [0.717, 1.165) is 41.3 Å². The molecule has 3 rings (SSSR count). The van der Waals surface area contributed by atoms with Crippen LogP contribution in [0.2, 0.25) is 0 Å². The number of carbonyl (C=O) groups excluding carboxylic acids is 1. The zero-order valence-electron chi connectivity index (χ0n) is 13.9. The van der Waals surface area contributed by atoms with Gasteiger partial charge < -0.3 is 9.47 Å². The minimum absolute atomic E-state index is 0.374. The Morgan fingerprint density at radius 1 is 1.17 bits per heavy atom. The second-order valence-corrected chi connectivity index (χ2v) is 6.38. The number of hydrogen-bond acceptors (Lipinski definition) is 3. The lowest BCUT2D eigenvalue weighted by molar-refractivity contribution is -0.130. The smallest absolute Gasteiger partial charge is 0.338 e. The highest BCUT2D eigenvalue weighted by atomic mass is 16.5. The van der Waals surface area contributed by atoms with Crippen molar-refractivity contribution in [3.63, 3.8) is 0 Å². The molecule has 0 aliphatic heterocycles. The zero-order valence-corrected chi connectivity index (χ0v) is 13.9. The van der Waals surface area contributed by atoms with Crippen LogP contribution in [0.25, 0.3) is 10.8 Å². The fourth-order valence-corrected chi connectivity index (χ4v) is 3.33. The maximum atomic E-state index is 12.1. The van der Waals surface area contributed by atoms with Gasteiger partial charge in [-0.3, -0.25) is 0 Å². The SMILES string of the molecule is C=C(C)C(=O)Oc1c2c(c(OC)c3ccccc13)CCC(C)C2. The van der Waals surface area contributed by atoms with Gasteiger partial charge in [-0.15, -0.1) is 0 Å². The molecule has 0 N–H and O–H groups in total. The normalized spacial score (nSPS) is 16.7. The molecule has 2 aromatic rings. The number of hydrogen-bond donors (Lipinski definition) is 0. The minimum atomic E-state index is -0.374. The summed E-state index contributed by atoms with van der Waals surface area (Å²) in [7, 11) is 1.71. The van der Waals surface area contributed by atoms with Crippen LogP contribution in [0.3, 0.4) is 0 Å². The molecule has 1 aliphatic rings. The molecule has 1 aliphatic carbocycles. The number of benzene rings is 2. The first-order valence-corrected chi connectivity index (χ1v) is 8.01. The summed E-state index contributed by atoms with van der Waals surface area (Å²) < 4.78 is 11.5. The summed E-state index contributed by atoms with van der Waals surface area (Å²) >= 11 is 0. The molecule has 0 spiro atoms. The molecule has 2 aromatic carbocycles. The molecular weight excluding hydrogens is 288 g/mol. The summed E-state index contributed by atoms with van der Waals surface area (Å²) in [6.07, 6.45) is 2.97. The van der Waals surface area contributed by atoms with Crippen LogP contribution >= 0.6 is 0 Å². The Morgan fingerprint density at radius 3 is 2.43 bits per heavy atom. The van der Waals surface area contributed by atoms with Gasteiger partial charge in [0, 0.05) is 27.5 Å². The Balaban J connectivity index is 2.29. The molecule has 0 saturated carbocycles. The lowest BCUT2D eigenvalue weighted by Gasteiger charge is -2.27. The van der Waals surface area contributed by atoms with Gasteiger partial charge in [0.2, 0.25) is 0 Å². The summed E-state index contributed by atoms with van der Waals surface area (Å²) in [5, 5.41) is 1.92. The Hall–Kier alpha value is -2.29. The topological polar surface area (TPSA) is 35.5 Å². The monoisotopic (exact) mass is 310 g/mol. The average molecular weight is 310 g/mol. The molecular formula is C20H22O3. The van der Waals surface area contributed by atoms with Gasteiger partial charge in [-0.05, 0) is 32.1 Å². The molecule has 120 valence electrons. The van der Waals surface area contributed by atoms with Crippen molar-refractivity contribution in [2.45, 2.75) is 33.1 Å². The van der Waals surface area contributed by atoms with Gasteiger partial charge in [-0.1, -0.05) is 37.8 Å². The molecule has 0 amide bonds. The lowest BCUT2D eigenvalue weighted by atomic mass is 9.82. The van der Waals surface area contributed by atoms with Crippen LogP contribution < -0.4 is 9.47 Å². The van der Waals surface area contributed by atoms with E-state index in [1.165, 1.54) is 5.56 Å². The maximum Gasteiger partial charge on any atom is 0.338 e. The number of fused-ring (bicyclic) bond motifs is 2. The van der Waals surface area contributed by atoms with Crippen molar-refractivity contribution in [1.29, 1.82) is 0 Å². The van der Waals surface area contributed by atoms with Crippen LogP contribution in [-0.2, 0) is 17.6 Å². The second-order valence-electron chi connectivity index (χ2n) is 6.38. The second kappa shape index (κ2) is 6.07. The van der Waals surface area contributed by atoms with Gasteiger partial charge >= 0.3 is 5.97 Å². The Bertz CT molecular complexity index is 789. The fraction of sp³-hybridized carbons (Fsp3) is 0.350. The van der Waals surface area contributed by atoms with E-state index < -0.39 is 0 Å². The van der Waals surface area contributed by atoms with E-state index in [2.05, 4.69) is 13.5 Å². The predicted octanol–water partition coefficient (Wildman–Crippen LogP) is 4.45. The first-order chi connectivity index (χ1) is 11.0. The average Bonchev–Trinajstić information content (AvgIpc) is 2.54. The van der Waals surface area contributed by atoms with E-state index in [0.29, 0.717) is 17.2 Å². The van der Waals surface area contributed by atoms with Crippen molar-refractivity contribution < 1.29 is 14.3 Å². The zero-order chi connectivity index (χ0) is 16.6. The number of rotatable bonds is 3. The molecule has 0 aromatic heterocycles. The van der Waals surface area contributed by atoms with Crippen molar-refractivity contribution in [3.05, 3.63) is 47.5 Å². The molecule has 3 nitrogen and oxygen atoms in total. The highest BCUT2D eigenvalue weighted by molar-refractivity contribution is 5.99. The van der Waals surface area contributed by atoms with Gasteiger partial charge in [-0.2, -0.15) is 0 Å². The van der Waals surface area contributed by atoms with Crippen molar-refractivity contribution in [2.24, 2.45) is 5.92 Å². The Kier molecular flexibility index (Phi) is 4.12. The molecule has 1 atom stereocenters. The summed E-state index contributed by atoms with van der Waals surface area (Å²) in [5.74, 6) is 1.78. The van der Waals surface area contributed by atoms with Crippen LogP contribution in [0.1, 0.15) is 31.4 Å². The Labute approximate surface area is 136 Å². The first kappa shape index (κ1) is 15.6. The molecule has 1 unspecified atom stereocenters. The number of methoxy groups -OCH3 is 1. The van der Waals surface area contributed by atoms with Gasteiger partial charge in [-0.25, -0.2) is 4.79 Å². The quantitative estimate of drug-likeness (QED) is 0.477. The largest absolute Gasteiger partial charge is 0.496 e. The summed E-state index contributed by atoms with van der Waals surface area (Å²) in [6, 6.07) is 7.94. The van der Waals surface area contributed by atoms with Crippen molar-refractivity contribution >= 4 is 16.7 Å². The molecule has 23 heavy (non-hydrogen) atoms. The van der Waals surface area contributed by atoms with Gasteiger partial charge in [0.25, 0.3) is 0 Å². The van der Waals surface area contributed by atoms with Gasteiger partial charge in [0.05, 0.1) is 7.11 Å². The van der Waals surface area contributed by atoms with E-state index >= 15 is 0 Å². The first-order valence-electron chi connectivity index (χ1n) is 8.01. The molecule has 0 radical (unpaired) electrons. The molecule has 0 saturated heterocycles. The van der Waals surface area contributed by atoms with Crippen LogP contribution in [0, 0.1) is 5.92 Å². The molecule has 3 heteroatoms. The van der Waals surface area contributed by atoms with Crippen molar-refractivity contribution in [1.82, 2.24) is 0 Å². The van der Waals surface area contributed by atoms with E-state index in [1.54, 1.807) is 14.0 Å². The van der Waals surface area contributed by atoms with Crippen LogP contribution in [0.4, 0.5) is 0 Å². The van der Waals surface area contributed by atoms with Crippen LogP contribution in [0.15, 0.2) is 36.4 Å². The van der Waals surface area contributed by atoms with E-state index in [-0.39, 0.29) is 5.97 Å². The fourth-order valence-electron chi connectivity index (χ4n) is 3.33. The maximum absolute atomic E-state index is 12.1. The van der Waals surface area contributed by atoms with Gasteiger partial charge in [0.1, 0.15) is 11.5 Å². The van der Waals surface area contributed by atoms with Crippen LogP contribution in [0.5, 0.6) is 11.5 Å². The molecule has 0 heterocycles. The summed E-state index contributed by atoms with van der Waals surface area (Å²) in [4.78, 5) is 12.1. The number of ether oxygens (including phenoxy) is 2. The van der Waals surface area contributed by atoms with Gasteiger partial charge in [0.15, 0.2) is 0 Å². The molecule has 0 bridgehead atoms. The Morgan fingerprint density at radius 2 is 1.83 bits per heavy atom. The summed E-state index contributed by atoms with van der Waals surface area (Å²) in [6.45, 7) is 7.59. The van der Waals surface area contributed by atoms with Crippen molar-refractivity contribution in [2.75, 3.05) is 7.11 Å². The van der Waals surface area contributed by atoms with Crippen LogP contribution in [-0.4, -0.2) is 13.1 Å². The standard InChI is InChI=1S/C20H22O3/c1-12(2)20(21)23-19-15-8-6-5-7-14(15)18(22-4)16-10-9-13(3)11-17(16)19/h5-8,13H,1,9-11H2,2-4H3. The van der Waals surface area contributed by atoms with Crippen molar-refractivity contribution in [3.8, 4) is 11.5 Å². The minimum Gasteiger partial charge on any atom is -0.496 e. The molecule has 0 fully saturated rings. The number of carbonyl (C=O) groups is 1. The number of esters is 1. The predicted molar refractivity (Wildman–Crippen MR) is 92.1 cm³/mol. The third-order valence-corrected chi connectivity index (χ3v) is 4.52. The highest BCUT2D eigenvalue weighted by Crippen LogP contribution is 2.45. The van der Waals surface area contributed by atoms with E-state index in [1.807, 2.05) is 24.3 Å². The third kappa shape index (κ3) is 2.72. The third-order valence-electron chi connectivity index (χ3n) is 4.52. The van der Waals surface area contributed by atoms with E-state index in [4.69, 9.17) is 9.47 Å². The summed E-state index contributed by atoms with van der Waals surface area (Å²) in [5.41, 5.74) is 2.69. The lowest BCUT2D eigenvalue weighted by Crippen LogP contribution is -2.17. The highest BCUT2D eigenvalue weighted by Gasteiger charge is 2.27.